The third-order valence-electron chi connectivity index (χ3n) is 5.22. The molecule has 33 heavy (non-hydrogen) atoms. The fourth-order valence-corrected chi connectivity index (χ4v) is 3.60. The molecule has 0 bridgehead atoms. The Morgan fingerprint density at radius 2 is 1.52 bits per heavy atom. The van der Waals surface area contributed by atoms with Crippen molar-refractivity contribution in [1.82, 2.24) is 4.98 Å². The van der Waals surface area contributed by atoms with Crippen LogP contribution in [0.1, 0.15) is 34.1 Å². The van der Waals surface area contributed by atoms with Crippen molar-refractivity contribution >= 4 is 5.97 Å². The number of ether oxygens (including phenoxy) is 2. The molecule has 5 heteroatoms. The predicted molar refractivity (Wildman–Crippen MR) is 128 cm³/mol. The molecule has 5 nitrogen and oxygen atoms in total. The molecule has 1 aromatic heterocycles. The van der Waals surface area contributed by atoms with E-state index in [4.69, 9.17) is 9.47 Å². The first kappa shape index (κ1) is 22.1. The van der Waals surface area contributed by atoms with Crippen LogP contribution in [0.25, 0.3) is 11.3 Å². The number of hydrogen-bond donors (Lipinski definition) is 1. The number of hydrogen-bond acceptors (Lipinski definition) is 4. The zero-order valence-corrected chi connectivity index (χ0v) is 18.4. The standard InChI is InChI=1S/C28H25NO4/c1-2-32-27-11-7-6-10-23(27)25-17-16-24(28(30)31)26(29-25)19-33-22-14-12-21(13-15-22)18-20-8-4-3-5-9-20/h3-17H,2,18-19H2,1H3,(H,30,31). The minimum atomic E-state index is -1.04. The van der Waals surface area contributed by atoms with Crippen LogP contribution in [0.15, 0.2) is 91.0 Å². The van der Waals surface area contributed by atoms with E-state index in [1.807, 2.05) is 73.7 Å². The third-order valence-corrected chi connectivity index (χ3v) is 5.22. The lowest BCUT2D eigenvalue weighted by Crippen LogP contribution is -2.09. The smallest absolute Gasteiger partial charge is 0.337 e. The van der Waals surface area contributed by atoms with Crippen molar-refractivity contribution in [2.24, 2.45) is 0 Å². The number of para-hydroxylation sites is 1. The second-order valence-corrected chi connectivity index (χ2v) is 7.52. The van der Waals surface area contributed by atoms with Crippen LogP contribution >= 0.6 is 0 Å². The number of carboxylic acid groups (broad SMARTS) is 1. The van der Waals surface area contributed by atoms with Gasteiger partial charge in [0.2, 0.25) is 0 Å². The van der Waals surface area contributed by atoms with Gasteiger partial charge >= 0.3 is 5.97 Å². The maximum absolute atomic E-state index is 11.7. The Morgan fingerprint density at radius 1 is 0.818 bits per heavy atom. The minimum Gasteiger partial charge on any atom is -0.493 e. The van der Waals surface area contributed by atoms with Crippen molar-refractivity contribution < 1.29 is 19.4 Å². The SMILES string of the molecule is CCOc1ccccc1-c1ccc(C(=O)O)c(COc2ccc(Cc3ccccc3)cc2)n1. The Hall–Kier alpha value is -4.12. The van der Waals surface area contributed by atoms with Gasteiger partial charge in [-0.2, -0.15) is 0 Å². The minimum absolute atomic E-state index is 0.0459. The van der Waals surface area contributed by atoms with Crippen LogP contribution in [0.4, 0.5) is 0 Å². The maximum atomic E-state index is 11.7. The highest BCUT2D eigenvalue weighted by Crippen LogP contribution is 2.29. The van der Waals surface area contributed by atoms with Crippen molar-refractivity contribution in [1.29, 1.82) is 0 Å². The number of aromatic nitrogens is 1. The van der Waals surface area contributed by atoms with E-state index in [1.165, 1.54) is 11.1 Å². The highest BCUT2D eigenvalue weighted by molar-refractivity contribution is 5.89. The van der Waals surface area contributed by atoms with Crippen LogP contribution in [-0.2, 0) is 13.0 Å². The van der Waals surface area contributed by atoms with Gasteiger partial charge in [-0.25, -0.2) is 9.78 Å². The van der Waals surface area contributed by atoms with Gasteiger partial charge in [0.25, 0.3) is 0 Å². The number of aromatic carboxylic acids is 1. The second kappa shape index (κ2) is 10.5. The molecule has 1 N–H and O–H groups in total. The van der Waals surface area contributed by atoms with Crippen LogP contribution in [0.3, 0.4) is 0 Å². The normalized spacial score (nSPS) is 10.6. The van der Waals surface area contributed by atoms with Gasteiger partial charge in [0.05, 0.1) is 23.6 Å². The molecule has 0 radical (unpaired) electrons. The summed E-state index contributed by atoms with van der Waals surface area (Å²) in [6.45, 7) is 2.49. The fourth-order valence-electron chi connectivity index (χ4n) is 3.60. The molecule has 0 saturated heterocycles. The van der Waals surface area contributed by atoms with E-state index in [2.05, 4.69) is 17.1 Å². The van der Waals surface area contributed by atoms with E-state index in [1.54, 1.807) is 12.1 Å². The van der Waals surface area contributed by atoms with Crippen LogP contribution in [0.5, 0.6) is 11.5 Å². The van der Waals surface area contributed by atoms with Crippen molar-refractivity contribution in [2.45, 2.75) is 20.0 Å². The number of benzene rings is 3. The van der Waals surface area contributed by atoms with Crippen LogP contribution in [0, 0.1) is 0 Å². The molecule has 0 aliphatic heterocycles. The van der Waals surface area contributed by atoms with Crippen LogP contribution in [-0.4, -0.2) is 22.7 Å². The fraction of sp³-hybridized carbons (Fsp3) is 0.143. The molecule has 3 aromatic carbocycles. The Balaban J connectivity index is 1.52. The Bertz CT molecular complexity index is 1220. The molecule has 0 aliphatic rings. The molecular formula is C28H25NO4. The third kappa shape index (κ3) is 5.57. The van der Waals surface area contributed by atoms with Crippen LogP contribution < -0.4 is 9.47 Å². The molecule has 0 amide bonds. The van der Waals surface area contributed by atoms with E-state index in [-0.39, 0.29) is 12.2 Å². The topological polar surface area (TPSA) is 68.7 Å². The molecule has 4 aromatic rings. The molecule has 0 aliphatic carbocycles. The lowest BCUT2D eigenvalue weighted by Gasteiger charge is -2.13. The van der Waals surface area contributed by atoms with Gasteiger partial charge in [0.15, 0.2) is 0 Å². The summed E-state index contributed by atoms with van der Waals surface area (Å²) in [6, 6.07) is 28.9. The van der Waals surface area contributed by atoms with Gasteiger partial charge in [-0.15, -0.1) is 0 Å². The Kier molecular flexibility index (Phi) is 7.00. The summed E-state index contributed by atoms with van der Waals surface area (Å²) >= 11 is 0. The van der Waals surface area contributed by atoms with E-state index < -0.39 is 5.97 Å². The van der Waals surface area contributed by atoms with E-state index in [0.717, 1.165) is 12.0 Å². The van der Waals surface area contributed by atoms with Gasteiger partial charge in [-0.05, 0) is 60.9 Å². The van der Waals surface area contributed by atoms with Gasteiger partial charge in [-0.1, -0.05) is 54.6 Å². The Labute approximate surface area is 193 Å². The number of nitrogens with zero attached hydrogens (tertiary/aromatic N) is 1. The van der Waals surface area contributed by atoms with Gasteiger partial charge < -0.3 is 14.6 Å². The summed E-state index contributed by atoms with van der Waals surface area (Å²) < 4.78 is 11.6. The zero-order valence-electron chi connectivity index (χ0n) is 18.4. The molecular weight excluding hydrogens is 414 g/mol. The lowest BCUT2D eigenvalue weighted by molar-refractivity contribution is 0.0693. The molecule has 166 valence electrons. The summed E-state index contributed by atoms with van der Waals surface area (Å²) in [4.78, 5) is 16.4. The first-order valence-corrected chi connectivity index (χ1v) is 10.8. The predicted octanol–water partition coefficient (Wildman–Crippen LogP) is 6.02. The largest absolute Gasteiger partial charge is 0.493 e. The maximum Gasteiger partial charge on any atom is 0.337 e. The summed E-state index contributed by atoms with van der Waals surface area (Å²) in [5, 5.41) is 9.62. The highest BCUT2D eigenvalue weighted by Gasteiger charge is 2.16. The molecule has 0 saturated carbocycles. The van der Waals surface area contributed by atoms with Crippen molar-refractivity contribution in [2.75, 3.05) is 6.61 Å². The molecule has 0 fully saturated rings. The molecule has 1 heterocycles. The average molecular weight is 440 g/mol. The first-order chi connectivity index (χ1) is 16.1. The monoisotopic (exact) mass is 439 g/mol. The Morgan fingerprint density at radius 3 is 2.24 bits per heavy atom. The number of carboxylic acids is 1. The summed E-state index contributed by atoms with van der Waals surface area (Å²) in [5.41, 5.74) is 4.34. The summed E-state index contributed by atoms with van der Waals surface area (Å²) in [6.07, 6.45) is 0.840. The van der Waals surface area contributed by atoms with Crippen molar-refractivity contribution in [3.8, 4) is 22.8 Å². The van der Waals surface area contributed by atoms with E-state index >= 15 is 0 Å². The highest BCUT2D eigenvalue weighted by atomic mass is 16.5. The molecule has 0 atom stereocenters. The first-order valence-electron chi connectivity index (χ1n) is 10.8. The van der Waals surface area contributed by atoms with Crippen LogP contribution in [0.2, 0.25) is 0 Å². The average Bonchev–Trinajstić information content (AvgIpc) is 2.84. The molecule has 4 rings (SSSR count). The lowest BCUT2D eigenvalue weighted by atomic mass is 10.1. The zero-order chi connectivity index (χ0) is 23.0. The van der Waals surface area contributed by atoms with E-state index in [9.17, 15) is 9.90 Å². The van der Waals surface area contributed by atoms with E-state index in [0.29, 0.717) is 29.5 Å². The van der Waals surface area contributed by atoms with Gasteiger partial charge in [0.1, 0.15) is 18.1 Å². The summed E-state index contributed by atoms with van der Waals surface area (Å²) in [7, 11) is 0. The number of carbonyl (C=O) groups is 1. The molecule has 0 unspecified atom stereocenters. The molecule has 0 spiro atoms. The summed E-state index contributed by atoms with van der Waals surface area (Å²) in [5.74, 6) is 0.325. The number of rotatable bonds is 9. The van der Waals surface area contributed by atoms with Crippen molar-refractivity contribution in [3.05, 3.63) is 113 Å². The second-order valence-electron chi connectivity index (χ2n) is 7.52. The van der Waals surface area contributed by atoms with Crippen molar-refractivity contribution in [3.63, 3.8) is 0 Å². The quantitative estimate of drug-likeness (QED) is 0.346. The van der Waals surface area contributed by atoms with Gasteiger partial charge in [-0.3, -0.25) is 0 Å². The number of pyridine rings is 1. The van der Waals surface area contributed by atoms with Gasteiger partial charge in [0, 0.05) is 5.56 Å².